The number of amides is 1. The lowest BCUT2D eigenvalue weighted by atomic mass is 10.1. The van der Waals surface area contributed by atoms with E-state index < -0.39 is 12.1 Å². The van der Waals surface area contributed by atoms with Gasteiger partial charge in [0.2, 0.25) is 5.91 Å². The minimum atomic E-state index is -0.604. The molecule has 4 heteroatoms. The molecule has 2 atom stereocenters. The summed E-state index contributed by atoms with van der Waals surface area (Å²) in [5.41, 5.74) is 0.793. The molecule has 1 aliphatic rings. The zero-order chi connectivity index (χ0) is 12.1. The van der Waals surface area contributed by atoms with Crippen LogP contribution in [-0.2, 0) is 9.53 Å². The number of carbonyl (C=O) groups excluding carboxylic acids is 1. The van der Waals surface area contributed by atoms with Gasteiger partial charge in [0.1, 0.15) is 12.1 Å². The molecular weight excluding hydrogens is 216 g/mol. The Hall–Kier alpha value is -1.86. The topological polar surface area (TPSA) is 62.1 Å². The van der Waals surface area contributed by atoms with Gasteiger partial charge in [0.25, 0.3) is 0 Å². The molecule has 0 bridgehead atoms. The fraction of sp³-hybridized carbons (Fsp3) is 0.385. The minimum Gasteiger partial charge on any atom is -0.368 e. The zero-order valence-corrected chi connectivity index (χ0v) is 9.43. The average molecular weight is 230 g/mol. The molecule has 88 valence electrons. The fourth-order valence-corrected chi connectivity index (χ4v) is 1.86. The van der Waals surface area contributed by atoms with E-state index in [-0.39, 0.29) is 5.91 Å². The van der Waals surface area contributed by atoms with E-state index in [4.69, 9.17) is 10.00 Å². The van der Waals surface area contributed by atoms with E-state index >= 15 is 0 Å². The van der Waals surface area contributed by atoms with Crippen molar-refractivity contribution >= 4 is 5.91 Å². The first-order chi connectivity index (χ1) is 8.31. The van der Waals surface area contributed by atoms with Crippen LogP contribution in [0.25, 0.3) is 0 Å². The van der Waals surface area contributed by atoms with Crippen molar-refractivity contribution in [3.8, 4) is 6.07 Å². The number of benzene rings is 1. The molecule has 1 heterocycles. The summed E-state index contributed by atoms with van der Waals surface area (Å²) in [4.78, 5) is 11.8. The third kappa shape index (κ3) is 2.83. The molecule has 1 fully saturated rings. The molecule has 1 amide bonds. The van der Waals surface area contributed by atoms with E-state index in [9.17, 15) is 4.79 Å². The van der Waals surface area contributed by atoms with Crippen LogP contribution in [0.15, 0.2) is 30.3 Å². The first kappa shape index (κ1) is 11.6. The lowest BCUT2D eigenvalue weighted by molar-refractivity contribution is -0.130. The van der Waals surface area contributed by atoms with Crippen molar-refractivity contribution in [3.63, 3.8) is 0 Å². The SMILES string of the molecule is N#CC(NC(=O)C1CCCO1)c1ccccc1. The third-order valence-electron chi connectivity index (χ3n) is 2.77. The van der Waals surface area contributed by atoms with Crippen molar-refractivity contribution < 1.29 is 9.53 Å². The standard InChI is InChI=1S/C13H14N2O2/c14-9-11(10-5-2-1-3-6-10)15-13(16)12-7-4-8-17-12/h1-3,5-6,11-12H,4,7-8H2,(H,15,16). The molecule has 2 rings (SSSR count). The quantitative estimate of drug-likeness (QED) is 0.856. The summed E-state index contributed by atoms with van der Waals surface area (Å²) in [6.07, 6.45) is 1.24. The molecule has 4 nitrogen and oxygen atoms in total. The summed E-state index contributed by atoms with van der Waals surface area (Å²) < 4.78 is 5.27. The molecule has 1 aromatic rings. The van der Waals surface area contributed by atoms with Gasteiger partial charge < -0.3 is 10.1 Å². The maximum absolute atomic E-state index is 11.8. The number of ether oxygens (including phenoxy) is 1. The Kier molecular flexibility index (Phi) is 3.73. The van der Waals surface area contributed by atoms with Crippen LogP contribution in [0.2, 0.25) is 0 Å². The summed E-state index contributed by atoms with van der Waals surface area (Å²) >= 11 is 0. The summed E-state index contributed by atoms with van der Waals surface area (Å²) in [6.45, 7) is 0.626. The predicted molar refractivity (Wildman–Crippen MR) is 61.9 cm³/mol. The van der Waals surface area contributed by atoms with Crippen LogP contribution in [0.1, 0.15) is 24.4 Å². The second kappa shape index (κ2) is 5.46. The fourth-order valence-electron chi connectivity index (χ4n) is 1.86. The molecule has 0 saturated carbocycles. The van der Waals surface area contributed by atoms with Crippen LogP contribution in [-0.4, -0.2) is 18.6 Å². The van der Waals surface area contributed by atoms with Crippen LogP contribution < -0.4 is 5.32 Å². The number of nitrogens with one attached hydrogen (secondary N) is 1. The van der Waals surface area contributed by atoms with Crippen molar-refractivity contribution in [1.29, 1.82) is 5.26 Å². The molecule has 2 unspecified atom stereocenters. The number of hydrogen-bond donors (Lipinski definition) is 1. The van der Waals surface area contributed by atoms with Crippen molar-refractivity contribution in [1.82, 2.24) is 5.32 Å². The second-order valence-electron chi connectivity index (χ2n) is 3.98. The van der Waals surface area contributed by atoms with Crippen molar-refractivity contribution in [2.24, 2.45) is 0 Å². The molecule has 0 aromatic heterocycles. The van der Waals surface area contributed by atoms with E-state index in [1.807, 2.05) is 30.3 Å². The monoisotopic (exact) mass is 230 g/mol. The molecule has 0 spiro atoms. The Morgan fingerprint density at radius 2 is 2.24 bits per heavy atom. The first-order valence-corrected chi connectivity index (χ1v) is 5.68. The Morgan fingerprint density at radius 1 is 1.47 bits per heavy atom. The van der Waals surface area contributed by atoms with E-state index in [1.165, 1.54) is 0 Å². The smallest absolute Gasteiger partial charge is 0.250 e. The van der Waals surface area contributed by atoms with Crippen LogP contribution in [0, 0.1) is 11.3 Å². The van der Waals surface area contributed by atoms with Gasteiger partial charge in [-0.3, -0.25) is 4.79 Å². The molecule has 1 aliphatic heterocycles. The molecule has 17 heavy (non-hydrogen) atoms. The first-order valence-electron chi connectivity index (χ1n) is 5.68. The van der Waals surface area contributed by atoms with Gasteiger partial charge in [-0.05, 0) is 18.4 Å². The van der Waals surface area contributed by atoms with Gasteiger partial charge in [0, 0.05) is 6.61 Å². The largest absolute Gasteiger partial charge is 0.368 e. The van der Waals surface area contributed by atoms with Crippen molar-refractivity contribution in [3.05, 3.63) is 35.9 Å². The molecule has 1 saturated heterocycles. The highest BCUT2D eigenvalue weighted by Gasteiger charge is 2.25. The normalized spacial score (nSPS) is 20.5. The Bertz CT molecular complexity index is 419. The highest BCUT2D eigenvalue weighted by atomic mass is 16.5. The van der Waals surface area contributed by atoms with Crippen LogP contribution in [0.5, 0.6) is 0 Å². The Balaban J connectivity index is 2.01. The number of nitriles is 1. The van der Waals surface area contributed by atoms with Crippen LogP contribution in [0.3, 0.4) is 0 Å². The van der Waals surface area contributed by atoms with Crippen LogP contribution in [0.4, 0.5) is 0 Å². The van der Waals surface area contributed by atoms with Gasteiger partial charge in [-0.15, -0.1) is 0 Å². The van der Waals surface area contributed by atoms with Gasteiger partial charge in [0.15, 0.2) is 0 Å². The lowest BCUT2D eigenvalue weighted by Crippen LogP contribution is -2.36. The summed E-state index contributed by atoms with van der Waals surface area (Å²) in [5, 5.41) is 11.8. The molecule has 1 aromatic carbocycles. The predicted octanol–water partition coefficient (Wildman–Crippen LogP) is 1.55. The number of rotatable bonds is 3. The summed E-state index contributed by atoms with van der Waals surface area (Å²) in [5.74, 6) is -0.196. The van der Waals surface area contributed by atoms with E-state index in [0.717, 1.165) is 18.4 Å². The van der Waals surface area contributed by atoms with Crippen molar-refractivity contribution in [2.75, 3.05) is 6.61 Å². The Morgan fingerprint density at radius 3 is 2.82 bits per heavy atom. The van der Waals surface area contributed by atoms with E-state index in [0.29, 0.717) is 6.61 Å². The summed E-state index contributed by atoms with van der Waals surface area (Å²) in [6, 6.07) is 10.7. The number of nitrogens with zero attached hydrogens (tertiary/aromatic N) is 1. The van der Waals surface area contributed by atoms with E-state index in [2.05, 4.69) is 11.4 Å². The second-order valence-corrected chi connectivity index (χ2v) is 3.98. The average Bonchev–Trinajstić information content (AvgIpc) is 2.90. The highest BCUT2D eigenvalue weighted by molar-refractivity contribution is 5.81. The van der Waals surface area contributed by atoms with Gasteiger partial charge in [0.05, 0.1) is 6.07 Å². The highest BCUT2D eigenvalue weighted by Crippen LogP contribution is 2.15. The lowest BCUT2D eigenvalue weighted by Gasteiger charge is -2.15. The molecule has 1 N–H and O–H groups in total. The van der Waals surface area contributed by atoms with Gasteiger partial charge >= 0.3 is 0 Å². The van der Waals surface area contributed by atoms with E-state index in [1.54, 1.807) is 0 Å². The minimum absolute atomic E-state index is 0.196. The number of hydrogen-bond acceptors (Lipinski definition) is 3. The van der Waals surface area contributed by atoms with Crippen LogP contribution >= 0.6 is 0 Å². The maximum atomic E-state index is 11.8. The number of carbonyl (C=O) groups is 1. The van der Waals surface area contributed by atoms with Crippen molar-refractivity contribution in [2.45, 2.75) is 25.0 Å². The molecule has 0 aliphatic carbocycles. The summed E-state index contributed by atoms with van der Waals surface area (Å²) in [7, 11) is 0. The zero-order valence-electron chi connectivity index (χ0n) is 9.43. The molecular formula is C13H14N2O2. The third-order valence-corrected chi connectivity index (χ3v) is 2.77. The van der Waals surface area contributed by atoms with Gasteiger partial charge in [-0.1, -0.05) is 30.3 Å². The maximum Gasteiger partial charge on any atom is 0.250 e. The molecule has 0 radical (unpaired) electrons. The van der Waals surface area contributed by atoms with Gasteiger partial charge in [-0.2, -0.15) is 5.26 Å². The Labute approximate surface area is 100 Å². The van der Waals surface area contributed by atoms with Gasteiger partial charge in [-0.25, -0.2) is 0 Å².